The first kappa shape index (κ1) is 18.6. The predicted molar refractivity (Wildman–Crippen MR) is 100 cm³/mol. The fourth-order valence-corrected chi connectivity index (χ4v) is 3.10. The van der Waals surface area contributed by atoms with Crippen molar-refractivity contribution in [3.8, 4) is 11.5 Å². The highest BCUT2D eigenvalue weighted by molar-refractivity contribution is 5.94. The number of rotatable bonds is 4. The lowest BCUT2D eigenvalue weighted by Gasteiger charge is -2.29. The summed E-state index contributed by atoms with van der Waals surface area (Å²) in [6.45, 7) is 1.06. The van der Waals surface area contributed by atoms with Gasteiger partial charge < -0.3 is 24.4 Å². The monoisotopic (exact) mass is 370 g/mol. The Morgan fingerprint density at radius 2 is 1.70 bits per heavy atom. The molecule has 142 valence electrons. The molecule has 0 bridgehead atoms. The molecule has 0 saturated carbocycles. The summed E-state index contributed by atoms with van der Waals surface area (Å²) in [5.41, 5.74) is 3.10. The lowest BCUT2D eigenvalue weighted by atomic mass is 9.99. The highest BCUT2D eigenvalue weighted by atomic mass is 16.5. The molecule has 0 aromatic heterocycles. The number of hydrogen-bond acceptors (Lipinski definition) is 5. The van der Waals surface area contributed by atoms with Crippen molar-refractivity contribution in [3.05, 3.63) is 53.1 Å². The van der Waals surface area contributed by atoms with Crippen LogP contribution in [0.5, 0.6) is 11.5 Å². The number of urea groups is 1. The van der Waals surface area contributed by atoms with E-state index >= 15 is 0 Å². The molecule has 2 aromatic rings. The zero-order valence-corrected chi connectivity index (χ0v) is 15.6. The fraction of sp³-hybridized carbons (Fsp3) is 0.300. The molecule has 1 aliphatic rings. The smallest absolute Gasteiger partial charge is 0.337 e. The van der Waals surface area contributed by atoms with Gasteiger partial charge in [0.1, 0.15) is 0 Å². The van der Waals surface area contributed by atoms with Crippen LogP contribution in [0.3, 0.4) is 0 Å². The Hall–Kier alpha value is -3.22. The lowest BCUT2D eigenvalue weighted by Crippen LogP contribution is -2.38. The topological polar surface area (TPSA) is 77.1 Å². The van der Waals surface area contributed by atoms with E-state index in [0.717, 1.165) is 17.5 Å². The third-order valence-electron chi connectivity index (χ3n) is 4.54. The molecule has 27 heavy (non-hydrogen) atoms. The molecular weight excluding hydrogens is 348 g/mol. The third kappa shape index (κ3) is 3.97. The van der Waals surface area contributed by atoms with Crippen molar-refractivity contribution in [2.24, 2.45) is 0 Å². The molecule has 2 aromatic carbocycles. The maximum absolute atomic E-state index is 12.6. The van der Waals surface area contributed by atoms with Crippen molar-refractivity contribution in [2.45, 2.75) is 13.0 Å². The van der Waals surface area contributed by atoms with Crippen molar-refractivity contribution < 1.29 is 23.8 Å². The Morgan fingerprint density at radius 3 is 2.37 bits per heavy atom. The summed E-state index contributed by atoms with van der Waals surface area (Å²) in [6, 6.07) is 10.3. The summed E-state index contributed by atoms with van der Waals surface area (Å²) in [5.74, 6) is 0.886. The molecule has 0 unspecified atom stereocenters. The number of nitrogens with one attached hydrogen (secondary N) is 1. The van der Waals surface area contributed by atoms with Gasteiger partial charge in [0, 0.05) is 18.8 Å². The van der Waals surface area contributed by atoms with E-state index < -0.39 is 5.97 Å². The Kier molecular flexibility index (Phi) is 5.49. The molecule has 0 radical (unpaired) electrons. The molecule has 0 spiro atoms. The molecule has 1 N–H and O–H groups in total. The van der Waals surface area contributed by atoms with Gasteiger partial charge in [0.05, 0.1) is 26.9 Å². The molecule has 7 nitrogen and oxygen atoms in total. The number of hydrogen-bond donors (Lipinski definition) is 1. The minimum absolute atomic E-state index is 0.225. The van der Waals surface area contributed by atoms with E-state index in [0.29, 0.717) is 35.8 Å². The number of anilines is 1. The van der Waals surface area contributed by atoms with Crippen LogP contribution in [-0.4, -0.2) is 44.8 Å². The minimum Gasteiger partial charge on any atom is -0.493 e. The van der Waals surface area contributed by atoms with Gasteiger partial charge in [-0.05, 0) is 47.9 Å². The summed E-state index contributed by atoms with van der Waals surface area (Å²) in [7, 11) is 4.52. The van der Waals surface area contributed by atoms with Crippen molar-refractivity contribution in [2.75, 3.05) is 33.2 Å². The van der Waals surface area contributed by atoms with E-state index in [2.05, 4.69) is 5.32 Å². The zero-order valence-electron chi connectivity index (χ0n) is 15.6. The number of ether oxygens (including phenoxy) is 3. The summed E-state index contributed by atoms with van der Waals surface area (Å²) in [6.07, 6.45) is 0.727. The van der Waals surface area contributed by atoms with Gasteiger partial charge in [-0.2, -0.15) is 0 Å². The fourth-order valence-electron chi connectivity index (χ4n) is 3.10. The van der Waals surface area contributed by atoms with Crippen LogP contribution in [0.25, 0.3) is 0 Å². The van der Waals surface area contributed by atoms with Crippen LogP contribution in [0, 0.1) is 0 Å². The quantitative estimate of drug-likeness (QED) is 0.837. The van der Waals surface area contributed by atoms with Gasteiger partial charge in [-0.3, -0.25) is 0 Å². The van der Waals surface area contributed by atoms with Crippen LogP contribution in [-0.2, 0) is 17.7 Å². The standard InChI is InChI=1S/C20H22N2O5/c1-25-17-10-13-7-8-22(12-15(13)11-18(17)26-2)20(24)21-16-6-4-5-14(9-16)19(23)27-3/h4-6,9-11H,7-8,12H2,1-3H3,(H,21,24). The minimum atomic E-state index is -0.445. The normalized spacial score (nSPS) is 12.8. The molecule has 0 fully saturated rings. The SMILES string of the molecule is COC(=O)c1cccc(NC(=O)N2CCc3cc(OC)c(OC)cc3C2)c1. The lowest BCUT2D eigenvalue weighted by molar-refractivity contribution is 0.0600. The number of benzene rings is 2. The Balaban J connectivity index is 1.73. The summed E-state index contributed by atoms with van der Waals surface area (Å²) in [5, 5.41) is 2.84. The Bertz CT molecular complexity index is 865. The molecule has 7 heteroatoms. The molecule has 0 atom stereocenters. The second-order valence-electron chi connectivity index (χ2n) is 6.15. The van der Waals surface area contributed by atoms with Crippen LogP contribution in [0.15, 0.2) is 36.4 Å². The average molecular weight is 370 g/mol. The summed E-state index contributed by atoms with van der Waals surface area (Å²) in [4.78, 5) is 26.0. The van der Waals surface area contributed by atoms with Gasteiger partial charge >= 0.3 is 12.0 Å². The first-order chi connectivity index (χ1) is 13.0. The number of carbonyl (C=O) groups excluding carboxylic acids is 2. The number of esters is 1. The van der Waals surface area contributed by atoms with E-state index in [1.54, 1.807) is 43.4 Å². The summed E-state index contributed by atoms with van der Waals surface area (Å²) >= 11 is 0. The van der Waals surface area contributed by atoms with Crippen LogP contribution >= 0.6 is 0 Å². The molecule has 1 heterocycles. The highest BCUT2D eigenvalue weighted by Gasteiger charge is 2.23. The first-order valence-electron chi connectivity index (χ1n) is 8.53. The number of fused-ring (bicyclic) bond motifs is 1. The van der Waals surface area contributed by atoms with Crippen LogP contribution in [0.2, 0.25) is 0 Å². The van der Waals surface area contributed by atoms with Gasteiger partial charge in [0.2, 0.25) is 0 Å². The Labute approximate surface area is 157 Å². The number of amides is 2. The Morgan fingerprint density at radius 1 is 1.00 bits per heavy atom. The van der Waals surface area contributed by atoms with Gasteiger partial charge in [0.15, 0.2) is 11.5 Å². The van der Waals surface area contributed by atoms with E-state index in [1.807, 2.05) is 12.1 Å². The average Bonchev–Trinajstić information content (AvgIpc) is 2.71. The third-order valence-corrected chi connectivity index (χ3v) is 4.54. The van der Waals surface area contributed by atoms with E-state index in [1.165, 1.54) is 7.11 Å². The molecule has 0 aliphatic carbocycles. The molecule has 0 saturated heterocycles. The molecule has 2 amide bonds. The second kappa shape index (κ2) is 7.99. The second-order valence-corrected chi connectivity index (χ2v) is 6.15. The van der Waals surface area contributed by atoms with Crippen molar-refractivity contribution in [1.82, 2.24) is 4.90 Å². The maximum atomic E-state index is 12.6. The van der Waals surface area contributed by atoms with Crippen molar-refractivity contribution >= 4 is 17.7 Å². The maximum Gasteiger partial charge on any atom is 0.337 e. The number of methoxy groups -OCH3 is 3. The van der Waals surface area contributed by atoms with E-state index in [-0.39, 0.29) is 6.03 Å². The zero-order chi connectivity index (χ0) is 19.4. The molecule has 3 rings (SSSR count). The van der Waals surface area contributed by atoms with Gasteiger partial charge in [0.25, 0.3) is 0 Å². The number of nitrogens with zero attached hydrogens (tertiary/aromatic N) is 1. The molecule has 1 aliphatic heterocycles. The highest BCUT2D eigenvalue weighted by Crippen LogP contribution is 2.33. The summed E-state index contributed by atoms with van der Waals surface area (Å²) < 4.78 is 15.4. The van der Waals surface area contributed by atoms with Crippen molar-refractivity contribution in [1.29, 1.82) is 0 Å². The first-order valence-corrected chi connectivity index (χ1v) is 8.53. The van der Waals surface area contributed by atoms with Crippen LogP contribution < -0.4 is 14.8 Å². The van der Waals surface area contributed by atoms with E-state index in [4.69, 9.17) is 14.2 Å². The van der Waals surface area contributed by atoms with Crippen LogP contribution in [0.1, 0.15) is 21.5 Å². The van der Waals surface area contributed by atoms with Crippen molar-refractivity contribution in [3.63, 3.8) is 0 Å². The number of carbonyl (C=O) groups is 2. The van der Waals surface area contributed by atoms with Crippen LogP contribution in [0.4, 0.5) is 10.5 Å². The largest absolute Gasteiger partial charge is 0.493 e. The van der Waals surface area contributed by atoms with E-state index in [9.17, 15) is 9.59 Å². The van der Waals surface area contributed by atoms with Gasteiger partial charge in [-0.1, -0.05) is 6.07 Å². The predicted octanol–water partition coefficient (Wildman–Crippen LogP) is 3.08. The van der Waals surface area contributed by atoms with Gasteiger partial charge in [-0.25, -0.2) is 9.59 Å². The molecular formula is C20H22N2O5. The van der Waals surface area contributed by atoms with Gasteiger partial charge in [-0.15, -0.1) is 0 Å².